The molecule has 0 spiro atoms. The monoisotopic (exact) mass is 534 g/mol. The number of ether oxygens (including phenoxy) is 1. The van der Waals surface area contributed by atoms with E-state index in [1.807, 2.05) is 38.1 Å². The minimum Gasteiger partial charge on any atom is -0.494 e. The fraction of sp³-hybridized carbons (Fsp3) is 0.269. The average Bonchev–Trinajstić information content (AvgIpc) is 2.81. The summed E-state index contributed by atoms with van der Waals surface area (Å²) in [5.41, 5.74) is 2.19. The largest absolute Gasteiger partial charge is 0.494 e. The van der Waals surface area contributed by atoms with Crippen molar-refractivity contribution >= 4 is 44.8 Å². The number of benzene rings is 3. The van der Waals surface area contributed by atoms with Crippen molar-refractivity contribution in [3.63, 3.8) is 0 Å². The van der Waals surface area contributed by atoms with Crippen LogP contribution in [0.25, 0.3) is 0 Å². The summed E-state index contributed by atoms with van der Waals surface area (Å²) in [6.45, 7) is 4.34. The van der Waals surface area contributed by atoms with Gasteiger partial charge < -0.3 is 10.1 Å². The lowest BCUT2D eigenvalue weighted by Crippen LogP contribution is -2.41. The number of amides is 1. The smallest absolute Gasteiger partial charge is 0.264 e. The molecule has 186 valence electrons. The zero-order valence-corrected chi connectivity index (χ0v) is 22.0. The molecule has 0 heterocycles. The van der Waals surface area contributed by atoms with E-state index >= 15 is 0 Å². The summed E-state index contributed by atoms with van der Waals surface area (Å²) >= 11 is 12.3. The van der Waals surface area contributed by atoms with Crippen LogP contribution in [0.3, 0.4) is 0 Å². The second-order valence-electron chi connectivity index (χ2n) is 7.95. The van der Waals surface area contributed by atoms with Gasteiger partial charge in [0.25, 0.3) is 10.0 Å². The molecule has 1 N–H and O–H groups in total. The molecule has 3 aromatic carbocycles. The first-order valence-corrected chi connectivity index (χ1v) is 13.4. The fourth-order valence-corrected chi connectivity index (χ4v) is 5.45. The van der Waals surface area contributed by atoms with Gasteiger partial charge >= 0.3 is 0 Å². The van der Waals surface area contributed by atoms with Crippen molar-refractivity contribution in [2.24, 2.45) is 0 Å². The number of rotatable bonds is 11. The summed E-state index contributed by atoms with van der Waals surface area (Å²) in [6, 6.07) is 18.6. The van der Waals surface area contributed by atoms with E-state index in [0.717, 1.165) is 21.2 Å². The number of para-hydroxylation sites is 1. The van der Waals surface area contributed by atoms with Gasteiger partial charge in [-0.3, -0.25) is 9.10 Å². The molecule has 6 nitrogen and oxygen atoms in total. The first kappa shape index (κ1) is 26.9. The standard InChI is InChI=1S/C26H28Cl2N2O4S/c1-3-34-25-9-5-4-7-20(25)8-6-14-29-26(31)18-30(23-16-21(27)15-22(28)17-23)35(32,33)24-12-10-19(2)11-13-24/h4-5,7,9-13,15-17H,3,6,8,14,18H2,1-2H3,(H,29,31). The number of halogens is 2. The van der Waals surface area contributed by atoms with E-state index in [9.17, 15) is 13.2 Å². The Hall–Kier alpha value is -2.74. The summed E-state index contributed by atoms with van der Waals surface area (Å²) in [5.74, 6) is 0.393. The van der Waals surface area contributed by atoms with E-state index in [4.69, 9.17) is 27.9 Å². The van der Waals surface area contributed by atoms with Crippen LogP contribution in [0.15, 0.2) is 71.6 Å². The summed E-state index contributed by atoms with van der Waals surface area (Å²) in [4.78, 5) is 12.9. The van der Waals surface area contributed by atoms with Gasteiger partial charge in [-0.2, -0.15) is 0 Å². The number of sulfonamides is 1. The highest BCUT2D eigenvalue weighted by molar-refractivity contribution is 7.92. The summed E-state index contributed by atoms with van der Waals surface area (Å²) < 4.78 is 33.6. The van der Waals surface area contributed by atoms with Gasteiger partial charge in [0.1, 0.15) is 12.3 Å². The minimum absolute atomic E-state index is 0.0690. The van der Waals surface area contributed by atoms with Crippen molar-refractivity contribution in [1.29, 1.82) is 0 Å². The van der Waals surface area contributed by atoms with Gasteiger partial charge in [0.2, 0.25) is 5.91 Å². The highest BCUT2D eigenvalue weighted by Crippen LogP contribution is 2.29. The topological polar surface area (TPSA) is 75.7 Å². The van der Waals surface area contributed by atoms with Crippen LogP contribution in [0.1, 0.15) is 24.5 Å². The average molecular weight is 535 g/mol. The van der Waals surface area contributed by atoms with Crippen LogP contribution < -0.4 is 14.4 Å². The molecule has 0 aliphatic rings. The second-order valence-corrected chi connectivity index (χ2v) is 10.7. The molecule has 0 fully saturated rings. The molecule has 0 unspecified atom stereocenters. The Morgan fingerprint density at radius 1 is 1.00 bits per heavy atom. The molecule has 0 radical (unpaired) electrons. The van der Waals surface area contributed by atoms with E-state index in [-0.39, 0.29) is 20.6 Å². The third-order valence-corrected chi connectivity index (χ3v) is 7.47. The number of carbonyl (C=O) groups excluding carboxylic acids is 1. The summed E-state index contributed by atoms with van der Waals surface area (Å²) in [5, 5.41) is 3.35. The van der Waals surface area contributed by atoms with Crippen molar-refractivity contribution in [3.8, 4) is 5.75 Å². The Morgan fingerprint density at radius 3 is 2.31 bits per heavy atom. The molecule has 0 atom stereocenters. The highest BCUT2D eigenvalue weighted by atomic mass is 35.5. The van der Waals surface area contributed by atoms with Gasteiger partial charge in [0, 0.05) is 16.6 Å². The minimum atomic E-state index is -4.05. The molecule has 0 saturated heterocycles. The van der Waals surface area contributed by atoms with Crippen LogP contribution >= 0.6 is 23.2 Å². The lowest BCUT2D eigenvalue weighted by molar-refractivity contribution is -0.119. The molecule has 1 amide bonds. The number of hydrogen-bond donors (Lipinski definition) is 1. The van der Waals surface area contributed by atoms with Crippen LogP contribution in [0.2, 0.25) is 10.0 Å². The van der Waals surface area contributed by atoms with Gasteiger partial charge in [-0.25, -0.2) is 8.42 Å². The van der Waals surface area contributed by atoms with Crippen molar-refractivity contribution in [2.75, 3.05) is 24.0 Å². The van der Waals surface area contributed by atoms with E-state index in [0.29, 0.717) is 26.0 Å². The first-order chi connectivity index (χ1) is 16.7. The fourth-order valence-electron chi connectivity index (χ4n) is 3.54. The third-order valence-electron chi connectivity index (χ3n) is 5.25. The van der Waals surface area contributed by atoms with Gasteiger partial charge in [-0.1, -0.05) is 59.1 Å². The Bertz CT molecular complexity index is 1240. The summed E-state index contributed by atoms with van der Waals surface area (Å²) in [7, 11) is -4.05. The molecule has 0 aliphatic heterocycles. The third kappa shape index (κ3) is 7.37. The molecule has 9 heteroatoms. The molecular weight excluding hydrogens is 507 g/mol. The van der Waals surface area contributed by atoms with Gasteiger partial charge in [0.05, 0.1) is 17.2 Å². The molecule has 0 saturated carbocycles. The zero-order chi connectivity index (χ0) is 25.4. The van der Waals surface area contributed by atoms with Crippen molar-refractivity contribution in [1.82, 2.24) is 5.32 Å². The lowest BCUT2D eigenvalue weighted by atomic mass is 10.1. The first-order valence-electron chi connectivity index (χ1n) is 11.2. The second kappa shape index (κ2) is 12.3. The van der Waals surface area contributed by atoms with Crippen LogP contribution in [0, 0.1) is 6.92 Å². The molecule has 0 aliphatic carbocycles. The highest BCUT2D eigenvalue weighted by Gasteiger charge is 2.27. The predicted octanol–water partition coefficient (Wildman–Crippen LogP) is 5.64. The molecule has 0 bridgehead atoms. The Balaban J connectivity index is 1.73. The number of nitrogens with one attached hydrogen (secondary N) is 1. The Labute approximate surface area is 216 Å². The predicted molar refractivity (Wildman–Crippen MR) is 141 cm³/mol. The van der Waals surface area contributed by atoms with E-state index in [1.165, 1.54) is 30.3 Å². The normalized spacial score (nSPS) is 11.2. The van der Waals surface area contributed by atoms with Crippen LogP contribution in [-0.4, -0.2) is 34.0 Å². The van der Waals surface area contributed by atoms with Crippen LogP contribution in [-0.2, 0) is 21.2 Å². The quantitative estimate of drug-likeness (QED) is 0.322. The van der Waals surface area contributed by atoms with E-state index < -0.39 is 22.5 Å². The number of aryl methyl sites for hydroxylation is 2. The maximum atomic E-state index is 13.5. The van der Waals surface area contributed by atoms with E-state index in [2.05, 4.69) is 5.32 Å². The molecule has 35 heavy (non-hydrogen) atoms. The zero-order valence-electron chi connectivity index (χ0n) is 19.6. The molecular formula is C26H28Cl2N2O4S. The van der Waals surface area contributed by atoms with Gasteiger partial charge in [-0.05, 0) is 68.7 Å². The van der Waals surface area contributed by atoms with Gasteiger partial charge in [-0.15, -0.1) is 0 Å². The number of nitrogens with zero attached hydrogens (tertiary/aromatic N) is 1. The number of hydrogen-bond acceptors (Lipinski definition) is 4. The maximum Gasteiger partial charge on any atom is 0.264 e. The van der Waals surface area contributed by atoms with Crippen LogP contribution in [0.4, 0.5) is 5.69 Å². The SMILES string of the molecule is CCOc1ccccc1CCCNC(=O)CN(c1cc(Cl)cc(Cl)c1)S(=O)(=O)c1ccc(C)cc1. The number of anilines is 1. The van der Waals surface area contributed by atoms with Crippen molar-refractivity contribution in [2.45, 2.75) is 31.6 Å². The Kier molecular flexibility index (Phi) is 9.43. The molecule has 0 aromatic heterocycles. The van der Waals surface area contributed by atoms with Crippen molar-refractivity contribution < 1.29 is 17.9 Å². The van der Waals surface area contributed by atoms with Crippen molar-refractivity contribution in [3.05, 3.63) is 87.9 Å². The lowest BCUT2D eigenvalue weighted by Gasteiger charge is -2.24. The molecule has 3 aromatic rings. The maximum absolute atomic E-state index is 13.5. The summed E-state index contributed by atoms with van der Waals surface area (Å²) in [6.07, 6.45) is 1.38. The van der Waals surface area contributed by atoms with Crippen LogP contribution in [0.5, 0.6) is 5.75 Å². The van der Waals surface area contributed by atoms with Gasteiger partial charge in [0.15, 0.2) is 0 Å². The molecule has 3 rings (SSSR count). The number of carbonyl (C=O) groups is 1. The van der Waals surface area contributed by atoms with E-state index in [1.54, 1.807) is 12.1 Å². The Morgan fingerprint density at radius 2 is 1.66 bits per heavy atom.